The van der Waals surface area contributed by atoms with Crippen LogP contribution in [0.2, 0.25) is 0 Å². The molecule has 0 saturated heterocycles. The Morgan fingerprint density at radius 3 is 2.92 bits per heavy atom. The Hall–Kier alpha value is -1.55. The van der Waals surface area contributed by atoms with Crippen molar-refractivity contribution in [1.29, 1.82) is 5.26 Å². The first-order valence-electron chi connectivity index (χ1n) is 4.59. The first-order valence-corrected chi connectivity index (χ1v) is 4.59. The second-order valence-electron chi connectivity index (χ2n) is 3.31. The van der Waals surface area contributed by atoms with Crippen LogP contribution in [0, 0.1) is 11.3 Å². The maximum absolute atomic E-state index is 8.62. The summed E-state index contributed by atoms with van der Waals surface area (Å²) in [6.07, 6.45) is 5.05. The summed E-state index contributed by atoms with van der Waals surface area (Å²) in [5.74, 6) is 0. The Morgan fingerprint density at radius 2 is 2.08 bits per heavy atom. The van der Waals surface area contributed by atoms with Gasteiger partial charge in [0, 0.05) is 6.08 Å². The van der Waals surface area contributed by atoms with Gasteiger partial charge in [-0.2, -0.15) is 5.26 Å². The molecule has 0 heterocycles. The van der Waals surface area contributed by atoms with Gasteiger partial charge in [-0.25, -0.2) is 0 Å². The van der Waals surface area contributed by atoms with Gasteiger partial charge in [0.05, 0.1) is 6.07 Å². The number of aryl methyl sites for hydroxylation is 1. The summed E-state index contributed by atoms with van der Waals surface area (Å²) >= 11 is 0. The number of allylic oxidation sites excluding steroid dienone is 2. The van der Waals surface area contributed by atoms with Gasteiger partial charge in [0.2, 0.25) is 0 Å². The molecule has 1 aromatic rings. The summed E-state index contributed by atoms with van der Waals surface area (Å²) in [6.45, 7) is 0. The van der Waals surface area contributed by atoms with E-state index in [0.717, 1.165) is 12.8 Å². The predicted octanol–water partition coefficient (Wildman–Crippen LogP) is 2.93. The number of hydrogen-bond acceptors (Lipinski definition) is 1. The molecular formula is C12H11N. The van der Waals surface area contributed by atoms with Crippen LogP contribution < -0.4 is 0 Å². The van der Waals surface area contributed by atoms with Crippen LogP contribution in [-0.2, 0) is 6.42 Å². The van der Waals surface area contributed by atoms with Crippen LogP contribution in [0.4, 0.5) is 0 Å². The molecule has 0 spiro atoms. The lowest BCUT2D eigenvalue weighted by molar-refractivity contribution is 0.822. The van der Waals surface area contributed by atoms with Crippen LogP contribution >= 0.6 is 0 Å². The van der Waals surface area contributed by atoms with E-state index in [-0.39, 0.29) is 0 Å². The number of nitrogens with zero attached hydrogens (tertiary/aromatic N) is 1. The zero-order valence-corrected chi connectivity index (χ0v) is 7.46. The molecule has 0 aromatic heterocycles. The molecule has 2 rings (SSSR count). The van der Waals surface area contributed by atoms with E-state index in [0.29, 0.717) is 0 Å². The fourth-order valence-electron chi connectivity index (χ4n) is 1.88. The molecule has 0 atom stereocenters. The number of hydrogen-bond donors (Lipinski definition) is 0. The van der Waals surface area contributed by atoms with Crippen molar-refractivity contribution in [3.8, 4) is 6.07 Å². The van der Waals surface area contributed by atoms with Gasteiger partial charge in [0.1, 0.15) is 0 Å². The fraction of sp³-hybridized carbons (Fsp3) is 0.250. The average molecular weight is 169 g/mol. The lowest BCUT2D eigenvalue weighted by atomic mass is 9.87. The van der Waals surface area contributed by atoms with E-state index in [9.17, 15) is 0 Å². The highest BCUT2D eigenvalue weighted by atomic mass is 14.2. The predicted molar refractivity (Wildman–Crippen MR) is 53.0 cm³/mol. The monoisotopic (exact) mass is 169 g/mol. The lowest BCUT2D eigenvalue weighted by Gasteiger charge is -2.17. The van der Waals surface area contributed by atoms with Crippen molar-refractivity contribution < 1.29 is 0 Å². The number of fused-ring (bicyclic) bond motifs is 1. The van der Waals surface area contributed by atoms with Crippen molar-refractivity contribution in [1.82, 2.24) is 0 Å². The summed E-state index contributed by atoms with van der Waals surface area (Å²) in [5.41, 5.74) is 3.86. The molecule has 64 valence electrons. The third-order valence-electron chi connectivity index (χ3n) is 2.49. The summed E-state index contributed by atoms with van der Waals surface area (Å²) < 4.78 is 0. The zero-order chi connectivity index (χ0) is 9.10. The smallest absolute Gasteiger partial charge is 0.0915 e. The van der Waals surface area contributed by atoms with Crippen LogP contribution in [0.3, 0.4) is 0 Å². The summed E-state index contributed by atoms with van der Waals surface area (Å²) in [6, 6.07) is 10.5. The van der Waals surface area contributed by atoms with E-state index in [1.807, 2.05) is 6.07 Å². The van der Waals surface area contributed by atoms with Crippen molar-refractivity contribution in [3.05, 3.63) is 41.5 Å². The Bertz CT molecular complexity index is 382. The van der Waals surface area contributed by atoms with Gasteiger partial charge in [-0.05, 0) is 36.0 Å². The summed E-state index contributed by atoms with van der Waals surface area (Å²) in [7, 11) is 0. The highest BCUT2D eigenvalue weighted by Gasteiger charge is 2.12. The minimum atomic E-state index is 1.05. The van der Waals surface area contributed by atoms with E-state index in [1.165, 1.54) is 23.1 Å². The third kappa shape index (κ3) is 1.48. The van der Waals surface area contributed by atoms with Crippen LogP contribution in [0.5, 0.6) is 0 Å². The second-order valence-corrected chi connectivity index (χ2v) is 3.31. The van der Waals surface area contributed by atoms with Crippen molar-refractivity contribution in [2.75, 3.05) is 0 Å². The molecule has 0 amide bonds. The molecular weight excluding hydrogens is 158 g/mol. The third-order valence-corrected chi connectivity index (χ3v) is 2.49. The Balaban J connectivity index is 2.50. The lowest BCUT2D eigenvalue weighted by Crippen LogP contribution is -2.00. The van der Waals surface area contributed by atoms with Crippen molar-refractivity contribution in [3.63, 3.8) is 0 Å². The first kappa shape index (κ1) is 8.07. The quantitative estimate of drug-likeness (QED) is 0.548. The fourth-order valence-corrected chi connectivity index (χ4v) is 1.88. The van der Waals surface area contributed by atoms with E-state index in [1.54, 1.807) is 6.08 Å². The second kappa shape index (κ2) is 3.45. The Kier molecular flexibility index (Phi) is 2.14. The normalized spacial score (nSPS) is 17.9. The topological polar surface area (TPSA) is 23.8 Å². The molecule has 1 nitrogen and oxygen atoms in total. The molecule has 0 aliphatic heterocycles. The summed E-state index contributed by atoms with van der Waals surface area (Å²) in [4.78, 5) is 0. The van der Waals surface area contributed by atoms with Crippen molar-refractivity contribution >= 4 is 5.57 Å². The minimum Gasteiger partial charge on any atom is -0.193 e. The summed E-state index contributed by atoms with van der Waals surface area (Å²) in [5, 5.41) is 8.62. The molecule has 0 fully saturated rings. The number of benzene rings is 1. The highest BCUT2D eigenvalue weighted by Crippen LogP contribution is 2.29. The van der Waals surface area contributed by atoms with Gasteiger partial charge in [-0.15, -0.1) is 0 Å². The molecule has 0 radical (unpaired) electrons. The Morgan fingerprint density at radius 1 is 1.23 bits per heavy atom. The van der Waals surface area contributed by atoms with E-state index < -0.39 is 0 Å². The van der Waals surface area contributed by atoms with Gasteiger partial charge < -0.3 is 0 Å². The van der Waals surface area contributed by atoms with Gasteiger partial charge >= 0.3 is 0 Å². The standard InChI is InChI=1S/C12H11N/c13-9-8-11-6-3-5-10-4-1-2-7-12(10)11/h1-2,4,7-8H,3,5-6H2/b11-8+. The molecule has 1 aliphatic carbocycles. The van der Waals surface area contributed by atoms with Crippen LogP contribution in [-0.4, -0.2) is 0 Å². The highest BCUT2D eigenvalue weighted by molar-refractivity contribution is 5.71. The van der Waals surface area contributed by atoms with E-state index >= 15 is 0 Å². The zero-order valence-electron chi connectivity index (χ0n) is 7.46. The SMILES string of the molecule is N#C/C=C1\CCCc2ccccc21. The number of nitriles is 1. The molecule has 13 heavy (non-hydrogen) atoms. The molecule has 1 aromatic carbocycles. The van der Waals surface area contributed by atoms with E-state index in [4.69, 9.17) is 5.26 Å². The van der Waals surface area contributed by atoms with Gasteiger partial charge in [-0.3, -0.25) is 0 Å². The van der Waals surface area contributed by atoms with Crippen molar-refractivity contribution in [2.45, 2.75) is 19.3 Å². The van der Waals surface area contributed by atoms with Crippen molar-refractivity contribution in [2.24, 2.45) is 0 Å². The molecule has 1 heteroatoms. The molecule has 0 N–H and O–H groups in total. The molecule has 0 bridgehead atoms. The van der Waals surface area contributed by atoms with Crippen LogP contribution in [0.25, 0.3) is 5.57 Å². The van der Waals surface area contributed by atoms with Crippen LogP contribution in [0.15, 0.2) is 30.3 Å². The van der Waals surface area contributed by atoms with E-state index in [2.05, 4.69) is 24.3 Å². The van der Waals surface area contributed by atoms with Crippen LogP contribution in [0.1, 0.15) is 24.0 Å². The molecule has 1 aliphatic rings. The van der Waals surface area contributed by atoms with Gasteiger partial charge in [-0.1, -0.05) is 24.3 Å². The largest absolute Gasteiger partial charge is 0.193 e. The van der Waals surface area contributed by atoms with Gasteiger partial charge in [0.25, 0.3) is 0 Å². The minimum absolute atomic E-state index is 1.05. The van der Waals surface area contributed by atoms with Gasteiger partial charge in [0.15, 0.2) is 0 Å². The number of rotatable bonds is 0. The average Bonchev–Trinajstić information content (AvgIpc) is 2.19. The first-order chi connectivity index (χ1) is 6.42. The molecule has 0 unspecified atom stereocenters. The maximum atomic E-state index is 8.62. The Labute approximate surface area is 78.3 Å². The maximum Gasteiger partial charge on any atom is 0.0915 e. The molecule has 0 saturated carbocycles.